The number of fused-ring (bicyclic) bond motifs is 1. The highest BCUT2D eigenvalue weighted by Gasteiger charge is 2.46. The quantitative estimate of drug-likeness (QED) is 0.0477. The number of rotatable bonds is 10. The number of nitrogens with zero attached hydrogens (tertiary/aromatic N) is 5. The lowest BCUT2D eigenvalue weighted by Crippen LogP contribution is -2.68. The van der Waals surface area contributed by atoms with Crippen molar-refractivity contribution in [1.82, 2.24) is 39.6 Å². The molecule has 2 saturated heterocycles. The molecule has 2 aliphatic rings. The first kappa shape index (κ1) is 35.8. The average molecular weight is 751 g/mol. The van der Waals surface area contributed by atoms with Crippen LogP contribution < -0.4 is 26.6 Å². The van der Waals surface area contributed by atoms with Gasteiger partial charge in [0.2, 0.25) is 11.0 Å². The Labute approximate surface area is 288 Å². The minimum Gasteiger partial charge on any atom is -0.504 e. The highest BCUT2D eigenvalue weighted by atomic mass is 32.2. The summed E-state index contributed by atoms with van der Waals surface area (Å²) in [6, 6.07) is -2.21. The van der Waals surface area contributed by atoms with Gasteiger partial charge in [0.25, 0.3) is 17.7 Å². The zero-order valence-electron chi connectivity index (χ0n) is 26.1. The Morgan fingerprint density at radius 2 is 1.82 bits per heavy atom. The fourth-order valence-electron chi connectivity index (χ4n) is 4.40. The van der Waals surface area contributed by atoms with E-state index in [9.17, 15) is 57.3 Å². The number of aromatic hydroxyl groups is 2. The summed E-state index contributed by atoms with van der Waals surface area (Å²) in [5, 5.41) is 36.2. The number of β-lactam (4-membered cyclic amide) rings is 1. The Balaban J connectivity index is 1.19. The number of anilines is 1. The van der Waals surface area contributed by atoms with Gasteiger partial charge in [0.1, 0.15) is 17.3 Å². The van der Waals surface area contributed by atoms with Crippen LogP contribution in [0.1, 0.15) is 29.9 Å². The molecule has 2 aliphatic heterocycles. The van der Waals surface area contributed by atoms with Crippen LogP contribution in [0.25, 0.3) is 10.9 Å². The van der Waals surface area contributed by atoms with Crippen LogP contribution >= 0.6 is 11.3 Å². The summed E-state index contributed by atoms with van der Waals surface area (Å²) in [5.74, 6) is -5.84. The Kier molecular flexibility index (Phi) is 9.18. The number of H-pyrrole nitrogens is 1. The maximum Gasteiger partial charge on any atom is 0.353 e. The van der Waals surface area contributed by atoms with Gasteiger partial charge in [0, 0.05) is 17.6 Å². The second-order valence-corrected chi connectivity index (χ2v) is 13.7. The molecule has 51 heavy (non-hydrogen) atoms. The normalized spacial score (nSPS) is 16.5. The molecule has 2 fully saturated rings. The van der Waals surface area contributed by atoms with Gasteiger partial charge in [0.05, 0.1) is 30.5 Å². The summed E-state index contributed by atoms with van der Waals surface area (Å²) in [4.78, 5) is 100. The lowest BCUT2D eigenvalue weighted by molar-refractivity contribution is -0.161. The van der Waals surface area contributed by atoms with Crippen molar-refractivity contribution in [2.24, 2.45) is 5.16 Å². The SMILES string of the molecule is CC(C)(ON=C(C(=O)NC1CN(C(=O)NS(=O)(=O)N2CCN(NC(=O)c3c[nH]c4cc(O)c(O)cc4c3=O)C2=O)C1=O)c1csc(N)n1)C(=O)O. The van der Waals surface area contributed by atoms with Crippen molar-refractivity contribution in [3.8, 4) is 11.5 Å². The van der Waals surface area contributed by atoms with Crippen LogP contribution in [0.4, 0.5) is 14.7 Å². The molecule has 5 rings (SSSR count). The first-order valence-corrected chi connectivity index (χ1v) is 16.5. The van der Waals surface area contributed by atoms with Crippen LogP contribution in [0.2, 0.25) is 0 Å². The van der Waals surface area contributed by atoms with Gasteiger partial charge in [-0.15, -0.1) is 11.3 Å². The number of urea groups is 2. The molecule has 0 saturated carbocycles. The van der Waals surface area contributed by atoms with E-state index in [1.807, 2.05) is 0 Å². The summed E-state index contributed by atoms with van der Waals surface area (Å²) < 4.78 is 27.6. The number of aliphatic carboxylic acids is 1. The van der Waals surface area contributed by atoms with Gasteiger partial charge >= 0.3 is 28.2 Å². The summed E-state index contributed by atoms with van der Waals surface area (Å²) >= 11 is 0.921. The summed E-state index contributed by atoms with van der Waals surface area (Å²) in [6.45, 7) is 0.790. The number of imide groups is 1. The third-order valence-corrected chi connectivity index (χ3v) is 9.30. The number of phenolic OH excluding ortho intramolecular Hbond substituents is 2. The number of carbonyl (C=O) groups excluding carboxylic acids is 5. The number of likely N-dealkylation sites (tertiary alicyclic amines) is 1. The zero-order chi connectivity index (χ0) is 37.6. The highest BCUT2D eigenvalue weighted by molar-refractivity contribution is 7.88. The van der Waals surface area contributed by atoms with Crippen molar-refractivity contribution in [2.45, 2.75) is 25.5 Å². The number of benzene rings is 1. The minimum absolute atomic E-state index is 0.0263. The molecule has 3 aromatic rings. The van der Waals surface area contributed by atoms with Gasteiger partial charge in [-0.1, -0.05) is 5.16 Å². The van der Waals surface area contributed by atoms with Crippen LogP contribution in [-0.4, -0.2) is 121 Å². The number of hydrogen-bond acceptors (Lipinski definition) is 16. The summed E-state index contributed by atoms with van der Waals surface area (Å²) in [7, 11) is -4.96. The first-order valence-electron chi connectivity index (χ1n) is 14.2. The van der Waals surface area contributed by atoms with E-state index in [4.69, 9.17) is 10.6 Å². The molecule has 1 aromatic carbocycles. The number of hydrazine groups is 1. The summed E-state index contributed by atoms with van der Waals surface area (Å²) in [6.07, 6.45) is 0.974. The van der Waals surface area contributed by atoms with Crippen LogP contribution in [0.5, 0.6) is 11.5 Å². The number of aromatic nitrogens is 2. The van der Waals surface area contributed by atoms with E-state index >= 15 is 0 Å². The maximum atomic E-state index is 13.0. The summed E-state index contributed by atoms with van der Waals surface area (Å²) in [5.41, 5.74) is 3.82. The third-order valence-electron chi connectivity index (χ3n) is 7.27. The zero-order valence-corrected chi connectivity index (χ0v) is 27.7. The van der Waals surface area contributed by atoms with E-state index in [-0.39, 0.29) is 26.0 Å². The fourth-order valence-corrected chi connectivity index (χ4v) is 6.02. The number of carboxylic acids is 1. The van der Waals surface area contributed by atoms with E-state index in [0.29, 0.717) is 9.91 Å². The number of nitrogen functional groups attached to an aromatic ring is 1. The van der Waals surface area contributed by atoms with Crippen molar-refractivity contribution in [1.29, 1.82) is 0 Å². The van der Waals surface area contributed by atoms with E-state index in [2.05, 4.69) is 25.9 Å². The van der Waals surface area contributed by atoms with E-state index in [1.54, 1.807) is 4.72 Å². The molecule has 4 heterocycles. The molecule has 0 spiro atoms. The van der Waals surface area contributed by atoms with E-state index < -0.39 is 105 Å². The molecule has 1 atom stereocenters. The van der Waals surface area contributed by atoms with Gasteiger partial charge in [-0.25, -0.2) is 33.4 Å². The van der Waals surface area contributed by atoms with Gasteiger partial charge in [-0.2, -0.15) is 8.42 Å². The fraction of sp³-hybridized carbons (Fsp3) is 0.269. The molecular formula is C26H26N10O13S2. The van der Waals surface area contributed by atoms with Gasteiger partial charge in [-0.05, 0) is 19.9 Å². The number of hydrogen-bond donors (Lipinski definition) is 8. The minimum atomic E-state index is -4.96. The lowest BCUT2D eigenvalue weighted by Gasteiger charge is -2.36. The van der Waals surface area contributed by atoms with Crippen molar-refractivity contribution in [3.63, 3.8) is 0 Å². The number of nitrogens with one attached hydrogen (secondary N) is 4. The van der Waals surface area contributed by atoms with Crippen molar-refractivity contribution in [3.05, 3.63) is 45.2 Å². The average Bonchev–Trinajstić information content (AvgIpc) is 3.64. The molecule has 270 valence electrons. The number of amides is 7. The van der Waals surface area contributed by atoms with Crippen LogP contribution in [-0.2, 0) is 29.4 Å². The standard InChI is InChI=1S/C26H26N10O13S2/c1-26(2,22(43)44)49-32-17(14-9-50-23(27)30-14)20(41)29-13-8-34(21(13)42)24(45)33-51(47,48)36-4-3-35(25(36)46)31-19(40)11-7-28-12-6-16(38)15(37)5-10(12)18(11)39/h5-7,9,13,37-38H,3-4,8H2,1-2H3,(H2,27,30)(H,28,39)(H,29,41)(H,31,40)(H,33,45)(H,43,44). The molecule has 0 bridgehead atoms. The Morgan fingerprint density at radius 1 is 1.14 bits per heavy atom. The Bertz CT molecular complexity index is 2220. The predicted molar refractivity (Wildman–Crippen MR) is 171 cm³/mol. The number of aromatic amines is 1. The number of carbonyl (C=O) groups is 6. The predicted octanol–water partition coefficient (Wildman–Crippen LogP) is -2.07. The number of carboxylic acid groups (broad SMARTS) is 1. The van der Waals surface area contributed by atoms with Crippen LogP contribution in [0.15, 0.2) is 33.7 Å². The van der Waals surface area contributed by atoms with Gasteiger partial charge < -0.3 is 36.2 Å². The largest absolute Gasteiger partial charge is 0.504 e. The smallest absolute Gasteiger partial charge is 0.353 e. The molecule has 0 radical (unpaired) electrons. The van der Waals surface area contributed by atoms with E-state index in [0.717, 1.165) is 43.5 Å². The highest BCUT2D eigenvalue weighted by Crippen LogP contribution is 2.28. The molecule has 2 aromatic heterocycles. The van der Waals surface area contributed by atoms with E-state index in [1.165, 1.54) is 5.38 Å². The second-order valence-electron chi connectivity index (χ2n) is 11.2. The number of phenols is 2. The molecule has 23 nitrogen and oxygen atoms in total. The topological polar surface area (TPSA) is 336 Å². The van der Waals surface area contributed by atoms with Crippen LogP contribution in [0, 0.1) is 0 Å². The number of pyridine rings is 1. The molecule has 25 heteroatoms. The maximum absolute atomic E-state index is 13.0. The monoisotopic (exact) mass is 750 g/mol. The van der Waals surface area contributed by atoms with Gasteiger partial charge in [0.15, 0.2) is 22.3 Å². The van der Waals surface area contributed by atoms with Crippen LogP contribution in [0.3, 0.4) is 0 Å². The molecule has 9 N–H and O–H groups in total. The molecule has 7 amide bonds. The molecule has 1 unspecified atom stereocenters. The molecular weight excluding hydrogens is 724 g/mol. The number of nitrogens with two attached hydrogens (primary N) is 1. The first-order chi connectivity index (χ1) is 23.8. The van der Waals surface area contributed by atoms with Gasteiger partial charge in [-0.3, -0.25) is 29.5 Å². The molecule has 0 aliphatic carbocycles. The number of oxime groups is 1. The number of thiazole rings is 1. The Morgan fingerprint density at radius 3 is 2.45 bits per heavy atom. The van der Waals surface area contributed by atoms with Crippen molar-refractivity contribution >= 4 is 79.0 Å². The Hall–Kier alpha value is -6.50. The lowest BCUT2D eigenvalue weighted by atomic mass is 10.1. The van der Waals surface area contributed by atoms with Crippen molar-refractivity contribution in [2.75, 3.05) is 25.4 Å². The second kappa shape index (κ2) is 13.1. The van der Waals surface area contributed by atoms with Crippen molar-refractivity contribution < 1.29 is 57.3 Å². The third kappa shape index (κ3) is 6.99.